The lowest BCUT2D eigenvalue weighted by Gasteiger charge is -2.37. The van der Waals surface area contributed by atoms with E-state index in [1.807, 2.05) is 6.07 Å². The number of hydrogen-bond donors (Lipinski definition) is 3. The summed E-state index contributed by atoms with van der Waals surface area (Å²) in [6.45, 7) is 3.69. The van der Waals surface area contributed by atoms with Crippen LogP contribution in [0.25, 0.3) is 5.65 Å². The predicted molar refractivity (Wildman–Crippen MR) is 158 cm³/mol. The Kier molecular flexibility index (Phi) is 11.8. The highest BCUT2D eigenvalue weighted by atomic mass is 32.2. The lowest BCUT2D eigenvalue weighted by Crippen LogP contribution is -2.45. The van der Waals surface area contributed by atoms with Crippen LogP contribution in [0.1, 0.15) is 28.9 Å². The molecule has 4 heterocycles. The smallest absolute Gasteiger partial charge is 0.447 e. The molecule has 0 radical (unpaired) electrons. The van der Waals surface area contributed by atoms with Crippen LogP contribution in [-0.2, 0) is 16.0 Å². The van der Waals surface area contributed by atoms with E-state index in [0.717, 1.165) is 25.9 Å². The van der Waals surface area contributed by atoms with Crippen LogP contribution in [0.3, 0.4) is 0 Å². The van der Waals surface area contributed by atoms with Crippen molar-refractivity contribution in [3.05, 3.63) is 35.8 Å². The number of hydrogen-bond acceptors (Lipinski definition) is 10. The summed E-state index contributed by atoms with van der Waals surface area (Å²) >= 11 is -0.242. The number of pyridine rings is 1. The number of methoxy groups -OCH3 is 1. The lowest BCUT2D eigenvalue weighted by atomic mass is 9.89. The van der Waals surface area contributed by atoms with Gasteiger partial charge in [0.25, 0.3) is 0 Å². The summed E-state index contributed by atoms with van der Waals surface area (Å²) < 4.78 is 59.3. The molecule has 4 N–H and O–H groups in total. The quantitative estimate of drug-likeness (QED) is 0.136. The van der Waals surface area contributed by atoms with E-state index in [4.69, 9.17) is 19.9 Å². The van der Waals surface area contributed by atoms with Gasteiger partial charge in [-0.2, -0.15) is 13.2 Å². The number of alkyl halides is 3. The minimum absolute atomic E-state index is 0.00905. The van der Waals surface area contributed by atoms with Crippen LogP contribution in [0.4, 0.5) is 18.9 Å². The molecule has 12 nitrogen and oxygen atoms in total. The molecule has 1 aliphatic heterocycles. The zero-order chi connectivity index (χ0) is 31.7. The van der Waals surface area contributed by atoms with E-state index >= 15 is 0 Å². The van der Waals surface area contributed by atoms with Crippen molar-refractivity contribution < 1.29 is 37.3 Å². The molecule has 1 fully saturated rings. The van der Waals surface area contributed by atoms with Crippen molar-refractivity contribution in [1.29, 1.82) is 0 Å². The van der Waals surface area contributed by atoms with Gasteiger partial charge >= 0.3 is 11.5 Å². The van der Waals surface area contributed by atoms with Gasteiger partial charge in [0, 0.05) is 43.3 Å². The maximum absolute atomic E-state index is 13.3. The number of aromatic nitrogens is 4. The highest BCUT2D eigenvalue weighted by Crippen LogP contribution is 2.39. The highest BCUT2D eigenvalue weighted by molar-refractivity contribution is 8.00. The Labute approximate surface area is 257 Å². The zero-order valence-corrected chi connectivity index (χ0v) is 25.3. The number of rotatable bonds is 14. The van der Waals surface area contributed by atoms with Crippen molar-refractivity contribution in [2.75, 3.05) is 65.5 Å². The van der Waals surface area contributed by atoms with Gasteiger partial charge in [-0.3, -0.25) is 9.08 Å². The van der Waals surface area contributed by atoms with Crippen LogP contribution in [0.5, 0.6) is 5.88 Å². The molecule has 0 saturated carbocycles. The minimum atomic E-state index is -4.50. The van der Waals surface area contributed by atoms with E-state index in [1.165, 1.54) is 22.4 Å². The van der Waals surface area contributed by atoms with Crippen molar-refractivity contribution in [3.8, 4) is 17.7 Å². The Balaban J connectivity index is 1.30. The third-order valence-corrected chi connectivity index (χ3v) is 7.84. The number of halogens is 3. The van der Waals surface area contributed by atoms with Crippen molar-refractivity contribution in [2.24, 2.45) is 11.7 Å². The molecule has 1 saturated heterocycles. The molecular formula is C28H36F3N7O5S. The second-order valence-electron chi connectivity index (χ2n) is 10.1. The second-order valence-corrected chi connectivity index (χ2v) is 11.2. The molecule has 0 aromatic carbocycles. The van der Waals surface area contributed by atoms with Gasteiger partial charge in [0.1, 0.15) is 16.3 Å². The summed E-state index contributed by atoms with van der Waals surface area (Å²) in [5.41, 5.74) is 2.00. The number of piperidine rings is 1. The van der Waals surface area contributed by atoms with Gasteiger partial charge in [0.05, 0.1) is 45.7 Å². The molecule has 3 aromatic heterocycles. The van der Waals surface area contributed by atoms with Gasteiger partial charge in [0.15, 0.2) is 5.65 Å². The summed E-state index contributed by atoms with van der Waals surface area (Å²) in [5, 5.41) is 16.7. The van der Waals surface area contributed by atoms with Gasteiger partial charge in [-0.05, 0) is 50.4 Å². The van der Waals surface area contributed by atoms with Crippen LogP contribution >= 0.6 is 11.8 Å². The Morgan fingerprint density at radius 1 is 1.27 bits per heavy atom. The summed E-state index contributed by atoms with van der Waals surface area (Å²) in [4.78, 5) is 17.9. The molecule has 2 atom stereocenters. The fraction of sp³-hybridized carbons (Fsp3) is 0.536. The number of carboxylic acids is 1. The van der Waals surface area contributed by atoms with Gasteiger partial charge in [0.2, 0.25) is 5.88 Å². The van der Waals surface area contributed by atoms with Gasteiger partial charge in [-0.25, -0.2) is 9.78 Å². The number of nitrogens with two attached hydrogens (primary N) is 1. The molecular weight excluding hydrogens is 603 g/mol. The summed E-state index contributed by atoms with van der Waals surface area (Å²) in [5.74, 6) is 4.46. The number of imidazole rings is 1. The number of thioether (sulfide) groups is 1. The molecule has 0 unspecified atom stereocenters. The Morgan fingerprint density at radius 2 is 2.05 bits per heavy atom. The molecule has 0 bridgehead atoms. The Hall–Kier alpha value is -3.49. The monoisotopic (exact) mass is 639 g/mol. The maximum atomic E-state index is 13.3. The molecule has 1 aliphatic rings. The van der Waals surface area contributed by atoms with Crippen molar-refractivity contribution in [1.82, 2.24) is 24.1 Å². The topological polar surface area (TPSA) is 141 Å². The van der Waals surface area contributed by atoms with Gasteiger partial charge < -0.3 is 35.3 Å². The van der Waals surface area contributed by atoms with Crippen LogP contribution in [0.2, 0.25) is 0 Å². The average molecular weight is 640 g/mol. The summed E-state index contributed by atoms with van der Waals surface area (Å²) in [6.07, 6.45) is 4.57. The zero-order valence-electron chi connectivity index (χ0n) is 24.5. The van der Waals surface area contributed by atoms with E-state index in [-0.39, 0.29) is 52.4 Å². The number of ether oxygens (including phenoxy) is 3. The minimum Gasteiger partial charge on any atom is -0.479 e. The van der Waals surface area contributed by atoms with Crippen molar-refractivity contribution >= 4 is 29.1 Å². The number of likely N-dealkylation sites (tertiary alicyclic amines) is 1. The number of fused-ring (bicyclic) bond motifs is 1. The fourth-order valence-electron chi connectivity index (χ4n) is 5.01. The normalized spacial score (nSPS) is 17.4. The van der Waals surface area contributed by atoms with Crippen LogP contribution < -0.4 is 15.8 Å². The van der Waals surface area contributed by atoms with Gasteiger partial charge in [-0.1, -0.05) is 5.92 Å². The van der Waals surface area contributed by atoms with E-state index in [9.17, 15) is 23.1 Å². The number of aromatic carboxylic acids is 1. The number of anilines is 1. The van der Waals surface area contributed by atoms with Crippen LogP contribution in [-0.4, -0.2) is 107 Å². The molecule has 3 aromatic rings. The number of nitrogens with zero attached hydrogens (tertiary/aromatic N) is 5. The van der Waals surface area contributed by atoms with E-state index < -0.39 is 11.5 Å². The SMILES string of the molecule is COc1nn(CCOCCOCC[C@H]2CN(C)CC[C@@H]2Nc2cccn3c(SC(F)(F)F)c(C#CCN)nc23)cc1C(=O)O. The summed E-state index contributed by atoms with van der Waals surface area (Å²) in [6, 6.07) is 3.57. The van der Waals surface area contributed by atoms with Gasteiger partial charge in [-0.15, -0.1) is 5.10 Å². The molecule has 0 amide bonds. The van der Waals surface area contributed by atoms with Crippen LogP contribution in [0, 0.1) is 17.8 Å². The summed E-state index contributed by atoms with van der Waals surface area (Å²) in [7, 11) is 3.42. The maximum Gasteiger partial charge on any atom is 0.447 e. The predicted octanol–water partition coefficient (Wildman–Crippen LogP) is 3.02. The highest BCUT2D eigenvalue weighted by Gasteiger charge is 2.34. The first-order valence-corrected chi connectivity index (χ1v) is 14.8. The molecule has 0 spiro atoms. The number of nitrogens with one attached hydrogen (secondary N) is 1. The first-order chi connectivity index (χ1) is 21.1. The van der Waals surface area contributed by atoms with Crippen LogP contribution in [0.15, 0.2) is 29.6 Å². The average Bonchev–Trinajstić information content (AvgIpc) is 3.55. The Bertz CT molecular complexity index is 1470. The first kappa shape index (κ1) is 33.4. The second kappa shape index (κ2) is 15.5. The van der Waals surface area contributed by atoms with E-state index in [1.54, 1.807) is 12.3 Å². The van der Waals surface area contributed by atoms with Crippen molar-refractivity contribution in [3.63, 3.8) is 0 Å². The molecule has 16 heteroatoms. The first-order valence-electron chi connectivity index (χ1n) is 14.0. The van der Waals surface area contributed by atoms with E-state index in [0.29, 0.717) is 44.3 Å². The largest absolute Gasteiger partial charge is 0.479 e. The molecule has 44 heavy (non-hydrogen) atoms. The fourth-order valence-corrected chi connectivity index (χ4v) is 5.67. The molecule has 4 rings (SSSR count). The number of carboxylic acid groups (broad SMARTS) is 1. The lowest BCUT2D eigenvalue weighted by molar-refractivity contribution is -0.0330. The third kappa shape index (κ3) is 9.02. The Morgan fingerprint density at radius 3 is 2.73 bits per heavy atom. The molecule has 0 aliphatic carbocycles. The third-order valence-electron chi connectivity index (χ3n) is 7.03. The molecule has 240 valence electrons. The standard InChI is InChI=1S/C28H36F3N7O5S/c1-36-11-7-21(33-22-6-4-10-38-24(22)34-23(5-3-9-32)26(38)44-28(29,30)31)19(17-36)8-13-42-15-16-43-14-12-37-18-20(27(39)40)25(35-37)41-2/h4,6,10,18-19,21,33H,7-9,11-17,32H2,1-2H3,(H,39,40)/t19-,21-/m0/s1. The number of carbonyl (C=O) groups is 1. The van der Waals surface area contributed by atoms with Crippen molar-refractivity contribution in [2.45, 2.75) is 36.0 Å². The van der Waals surface area contributed by atoms with E-state index in [2.05, 4.69) is 39.2 Å².